The third kappa shape index (κ3) is 4.66. The Morgan fingerprint density at radius 1 is 1.20 bits per heavy atom. The Kier molecular flexibility index (Phi) is 5.43. The molecule has 1 aliphatic rings. The Bertz CT molecular complexity index is 776. The van der Waals surface area contributed by atoms with Crippen LogP contribution in [0.25, 0.3) is 0 Å². The number of nitrogens with one attached hydrogen (secondary N) is 2. The van der Waals surface area contributed by atoms with Crippen molar-refractivity contribution in [3.8, 4) is 0 Å². The van der Waals surface area contributed by atoms with Crippen LogP contribution in [0.3, 0.4) is 0 Å². The topological polar surface area (TPSA) is 58.2 Å². The van der Waals surface area contributed by atoms with E-state index in [1.165, 1.54) is 12.1 Å². The van der Waals surface area contributed by atoms with Crippen molar-refractivity contribution in [3.05, 3.63) is 65.5 Å². The molecule has 1 atom stereocenters. The third-order valence-electron chi connectivity index (χ3n) is 4.46. The zero-order chi connectivity index (χ0) is 17.6. The fourth-order valence-electron chi connectivity index (χ4n) is 3.08. The van der Waals surface area contributed by atoms with Gasteiger partial charge in [0.1, 0.15) is 5.82 Å². The summed E-state index contributed by atoms with van der Waals surface area (Å²) in [6.45, 7) is 0.460. The van der Waals surface area contributed by atoms with E-state index in [0.29, 0.717) is 32.2 Å². The number of hydrogen-bond acceptors (Lipinski definition) is 2. The molecule has 1 aliphatic heterocycles. The fraction of sp³-hybridized carbons (Fsp3) is 0.300. The van der Waals surface area contributed by atoms with Crippen LogP contribution in [0, 0.1) is 11.7 Å². The van der Waals surface area contributed by atoms with Crippen molar-refractivity contribution in [1.29, 1.82) is 0 Å². The lowest BCUT2D eigenvalue weighted by molar-refractivity contribution is -0.122. The number of benzene rings is 2. The number of hydrogen-bond donors (Lipinski definition) is 2. The van der Waals surface area contributed by atoms with Gasteiger partial charge in [-0.1, -0.05) is 30.3 Å². The zero-order valence-electron chi connectivity index (χ0n) is 13.9. The van der Waals surface area contributed by atoms with Crippen LogP contribution in [0.1, 0.15) is 24.0 Å². The molecule has 0 aliphatic carbocycles. The van der Waals surface area contributed by atoms with E-state index in [1.54, 1.807) is 6.07 Å². The van der Waals surface area contributed by atoms with E-state index < -0.39 is 0 Å². The van der Waals surface area contributed by atoms with Gasteiger partial charge in [0.05, 0.1) is 0 Å². The molecule has 3 rings (SSSR count). The first-order chi connectivity index (χ1) is 12.1. The van der Waals surface area contributed by atoms with Crippen molar-refractivity contribution in [1.82, 2.24) is 5.32 Å². The van der Waals surface area contributed by atoms with Gasteiger partial charge >= 0.3 is 0 Å². The molecule has 0 saturated heterocycles. The summed E-state index contributed by atoms with van der Waals surface area (Å²) in [4.78, 5) is 24.1. The summed E-state index contributed by atoms with van der Waals surface area (Å²) in [6, 6.07) is 14.1. The van der Waals surface area contributed by atoms with E-state index in [1.807, 2.05) is 30.3 Å². The smallest absolute Gasteiger partial charge is 0.227 e. The van der Waals surface area contributed by atoms with Gasteiger partial charge < -0.3 is 10.6 Å². The van der Waals surface area contributed by atoms with E-state index in [-0.39, 0.29) is 23.5 Å². The van der Waals surface area contributed by atoms with E-state index in [0.717, 1.165) is 16.8 Å². The first-order valence-corrected chi connectivity index (χ1v) is 8.52. The van der Waals surface area contributed by atoms with Crippen LogP contribution in [0.15, 0.2) is 48.5 Å². The third-order valence-corrected chi connectivity index (χ3v) is 4.46. The molecule has 2 aromatic carbocycles. The summed E-state index contributed by atoms with van der Waals surface area (Å²) >= 11 is 0. The molecule has 0 saturated carbocycles. The standard InChI is InChI=1S/C20H21FN2O2/c21-17-6-3-4-14(12-17)10-11-22-19(24)9-8-16-13-15-5-1-2-7-18(15)23-20(16)25/h1-7,12,16H,8-11,13H2,(H,22,24)(H,23,25)/t16-/m1/s1. The first-order valence-electron chi connectivity index (χ1n) is 8.52. The van der Waals surface area contributed by atoms with Gasteiger partial charge in [-0.3, -0.25) is 9.59 Å². The van der Waals surface area contributed by atoms with Crippen molar-refractivity contribution < 1.29 is 14.0 Å². The number of para-hydroxylation sites is 1. The molecule has 4 nitrogen and oxygen atoms in total. The van der Waals surface area contributed by atoms with Crippen LogP contribution in [0.4, 0.5) is 10.1 Å². The summed E-state index contributed by atoms with van der Waals surface area (Å²) in [5.74, 6) is -0.550. The highest BCUT2D eigenvalue weighted by molar-refractivity contribution is 5.96. The number of carbonyl (C=O) groups excluding carboxylic acids is 2. The predicted octanol–water partition coefficient (Wildman–Crippen LogP) is 3.08. The first kappa shape index (κ1) is 17.1. The van der Waals surface area contributed by atoms with E-state index in [4.69, 9.17) is 0 Å². The number of carbonyl (C=O) groups is 2. The quantitative estimate of drug-likeness (QED) is 0.849. The summed E-state index contributed by atoms with van der Waals surface area (Å²) in [5.41, 5.74) is 2.82. The highest BCUT2D eigenvalue weighted by atomic mass is 19.1. The number of fused-ring (bicyclic) bond motifs is 1. The second-order valence-electron chi connectivity index (χ2n) is 6.32. The average Bonchev–Trinajstić information content (AvgIpc) is 2.60. The summed E-state index contributed by atoms with van der Waals surface area (Å²) in [7, 11) is 0. The SMILES string of the molecule is O=C(CC[C@@H]1Cc2ccccc2NC1=O)NCCc1cccc(F)c1. The van der Waals surface area contributed by atoms with Gasteiger partial charge in [0, 0.05) is 24.6 Å². The van der Waals surface area contributed by atoms with Crippen LogP contribution >= 0.6 is 0 Å². The second kappa shape index (κ2) is 7.92. The summed E-state index contributed by atoms with van der Waals surface area (Å²) < 4.78 is 13.1. The molecule has 0 aromatic heterocycles. The minimum absolute atomic E-state index is 0.0220. The van der Waals surface area contributed by atoms with Crippen molar-refractivity contribution in [2.75, 3.05) is 11.9 Å². The lowest BCUT2D eigenvalue weighted by Gasteiger charge is -2.24. The number of halogens is 1. The molecule has 2 aromatic rings. The van der Waals surface area contributed by atoms with E-state index >= 15 is 0 Å². The Morgan fingerprint density at radius 2 is 2.04 bits per heavy atom. The molecule has 0 unspecified atom stereocenters. The van der Waals surface area contributed by atoms with Crippen LogP contribution in [-0.2, 0) is 22.4 Å². The van der Waals surface area contributed by atoms with Crippen molar-refractivity contribution in [3.63, 3.8) is 0 Å². The van der Waals surface area contributed by atoms with Crippen molar-refractivity contribution in [2.24, 2.45) is 5.92 Å². The summed E-state index contributed by atoms with van der Waals surface area (Å²) in [5, 5.41) is 5.73. The lowest BCUT2D eigenvalue weighted by atomic mass is 9.89. The van der Waals surface area contributed by atoms with Gasteiger partial charge in [-0.2, -0.15) is 0 Å². The minimum Gasteiger partial charge on any atom is -0.356 e. The van der Waals surface area contributed by atoms with Gasteiger partial charge in [0.15, 0.2) is 0 Å². The van der Waals surface area contributed by atoms with Crippen LogP contribution in [0.5, 0.6) is 0 Å². The van der Waals surface area contributed by atoms with Gasteiger partial charge in [-0.25, -0.2) is 4.39 Å². The highest BCUT2D eigenvalue weighted by Gasteiger charge is 2.26. The number of amides is 2. The van der Waals surface area contributed by atoms with Crippen LogP contribution in [-0.4, -0.2) is 18.4 Å². The molecule has 0 fully saturated rings. The Balaban J connectivity index is 1.42. The largest absolute Gasteiger partial charge is 0.356 e. The molecular weight excluding hydrogens is 319 g/mol. The molecule has 130 valence electrons. The molecule has 1 heterocycles. The molecule has 5 heteroatoms. The van der Waals surface area contributed by atoms with Crippen LogP contribution in [0.2, 0.25) is 0 Å². The summed E-state index contributed by atoms with van der Waals surface area (Å²) in [6.07, 6.45) is 2.08. The van der Waals surface area contributed by atoms with E-state index in [9.17, 15) is 14.0 Å². The highest BCUT2D eigenvalue weighted by Crippen LogP contribution is 2.27. The monoisotopic (exact) mass is 340 g/mol. The molecule has 2 N–H and O–H groups in total. The van der Waals surface area contributed by atoms with Crippen molar-refractivity contribution in [2.45, 2.75) is 25.7 Å². The maximum Gasteiger partial charge on any atom is 0.227 e. The average molecular weight is 340 g/mol. The number of rotatable bonds is 6. The normalized spacial score (nSPS) is 16.0. The number of anilines is 1. The zero-order valence-corrected chi connectivity index (χ0v) is 13.9. The lowest BCUT2D eigenvalue weighted by Crippen LogP contribution is -2.32. The van der Waals surface area contributed by atoms with Gasteiger partial charge in [0.2, 0.25) is 11.8 Å². The minimum atomic E-state index is -0.271. The molecule has 2 amide bonds. The second-order valence-corrected chi connectivity index (χ2v) is 6.32. The Labute approximate surface area is 146 Å². The van der Waals surface area contributed by atoms with Gasteiger partial charge in [0.25, 0.3) is 0 Å². The predicted molar refractivity (Wildman–Crippen MR) is 94.6 cm³/mol. The van der Waals surface area contributed by atoms with Gasteiger partial charge in [-0.15, -0.1) is 0 Å². The van der Waals surface area contributed by atoms with Gasteiger partial charge in [-0.05, 0) is 48.6 Å². The Hall–Kier alpha value is -2.69. The molecular formula is C20H21FN2O2. The Morgan fingerprint density at radius 3 is 2.88 bits per heavy atom. The van der Waals surface area contributed by atoms with E-state index in [2.05, 4.69) is 10.6 Å². The van der Waals surface area contributed by atoms with Crippen LogP contribution < -0.4 is 10.6 Å². The molecule has 0 spiro atoms. The maximum absolute atomic E-state index is 13.1. The molecule has 0 bridgehead atoms. The molecule has 25 heavy (non-hydrogen) atoms. The molecule has 0 radical (unpaired) electrons. The fourth-order valence-corrected chi connectivity index (χ4v) is 3.08. The van der Waals surface area contributed by atoms with Crippen molar-refractivity contribution >= 4 is 17.5 Å². The maximum atomic E-state index is 13.1.